The first-order valence-corrected chi connectivity index (χ1v) is 4.16. The molecule has 0 aliphatic heterocycles. The maximum absolute atomic E-state index is 10.3. The Labute approximate surface area is 81.8 Å². The highest BCUT2D eigenvalue weighted by molar-refractivity contribution is 5.59. The van der Waals surface area contributed by atoms with Crippen molar-refractivity contribution in [1.29, 1.82) is 0 Å². The molecule has 0 bridgehead atoms. The van der Waals surface area contributed by atoms with Crippen molar-refractivity contribution in [2.75, 3.05) is 7.11 Å². The van der Waals surface area contributed by atoms with Gasteiger partial charge in [-0.15, -0.1) is 0 Å². The number of aromatic hydroxyl groups is 1. The van der Waals surface area contributed by atoms with E-state index in [-0.39, 0.29) is 18.8 Å². The Morgan fingerprint density at radius 1 is 1.43 bits per heavy atom. The van der Waals surface area contributed by atoms with Crippen LogP contribution < -0.4 is 4.74 Å². The monoisotopic (exact) mass is 196 g/mol. The van der Waals surface area contributed by atoms with Gasteiger partial charge in [-0.2, -0.15) is 0 Å². The first-order valence-electron chi connectivity index (χ1n) is 4.16. The Kier molecular flexibility index (Phi) is 3.48. The molecule has 0 unspecified atom stereocenters. The third-order valence-electron chi connectivity index (χ3n) is 1.96. The molecule has 0 saturated carbocycles. The minimum atomic E-state index is -0.185. The lowest BCUT2D eigenvalue weighted by atomic mass is 10.1. The number of rotatable bonds is 4. The molecule has 0 aliphatic rings. The van der Waals surface area contributed by atoms with Gasteiger partial charge in [0.25, 0.3) is 0 Å². The van der Waals surface area contributed by atoms with Gasteiger partial charge in [-0.3, -0.25) is 0 Å². The van der Waals surface area contributed by atoms with E-state index in [4.69, 9.17) is 9.84 Å². The Hall–Kier alpha value is -1.55. The molecule has 0 atom stereocenters. The topological polar surface area (TPSA) is 66.8 Å². The summed E-state index contributed by atoms with van der Waals surface area (Å²) in [4.78, 5) is 10.3. The molecular weight excluding hydrogens is 184 g/mol. The van der Waals surface area contributed by atoms with Crippen molar-refractivity contribution in [3.63, 3.8) is 0 Å². The highest BCUT2D eigenvalue weighted by Crippen LogP contribution is 2.28. The minimum absolute atomic E-state index is 0.00569. The molecule has 76 valence electrons. The number of hydrogen-bond donors (Lipinski definition) is 2. The highest BCUT2D eigenvalue weighted by Gasteiger charge is 2.08. The van der Waals surface area contributed by atoms with E-state index >= 15 is 0 Å². The smallest absolute Gasteiger partial charge is 0.128 e. The van der Waals surface area contributed by atoms with Gasteiger partial charge >= 0.3 is 0 Å². The Morgan fingerprint density at radius 2 is 2.14 bits per heavy atom. The van der Waals surface area contributed by atoms with Crippen molar-refractivity contribution in [1.82, 2.24) is 0 Å². The molecule has 0 radical (unpaired) electrons. The molecule has 1 rings (SSSR count). The minimum Gasteiger partial charge on any atom is -0.508 e. The van der Waals surface area contributed by atoms with Crippen molar-refractivity contribution in [3.05, 3.63) is 23.3 Å². The van der Waals surface area contributed by atoms with E-state index < -0.39 is 0 Å². The summed E-state index contributed by atoms with van der Waals surface area (Å²) in [7, 11) is 1.45. The lowest BCUT2D eigenvalue weighted by molar-refractivity contribution is -0.107. The number of aliphatic hydroxyl groups excluding tert-OH is 1. The number of carbonyl (C=O) groups is 1. The summed E-state index contributed by atoms with van der Waals surface area (Å²) < 4.78 is 4.94. The molecular formula is C10H12O4. The van der Waals surface area contributed by atoms with E-state index in [0.29, 0.717) is 23.2 Å². The Morgan fingerprint density at radius 3 is 2.64 bits per heavy atom. The molecule has 4 nitrogen and oxygen atoms in total. The van der Waals surface area contributed by atoms with Crippen molar-refractivity contribution in [2.24, 2.45) is 0 Å². The maximum Gasteiger partial charge on any atom is 0.128 e. The van der Waals surface area contributed by atoms with Gasteiger partial charge in [-0.25, -0.2) is 0 Å². The van der Waals surface area contributed by atoms with Crippen molar-refractivity contribution >= 4 is 6.29 Å². The molecule has 0 fully saturated rings. The van der Waals surface area contributed by atoms with Crippen LogP contribution in [-0.4, -0.2) is 23.6 Å². The zero-order valence-electron chi connectivity index (χ0n) is 7.86. The fourth-order valence-electron chi connectivity index (χ4n) is 1.23. The highest BCUT2D eigenvalue weighted by atomic mass is 16.5. The average molecular weight is 196 g/mol. The zero-order chi connectivity index (χ0) is 10.6. The van der Waals surface area contributed by atoms with E-state index in [0.717, 1.165) is 0 Å². The van der Waals surface area contributed by atoms with Crippen LogP contribution in [0.5, 0.6) is 11.5 Å². The van der Waals surface area contributed by atoms with E-state index in [2.05, 4.69) is 0 Å². The zero-order valence-corrected chi connectivity index (χ0v) is 7.86. The third-order valence-corrected chi connectivity index (χ3v) is 1.96. The van der Waals surface area contributed by atoms with Gasteiger partial charge in [-0.1, -0.05) is 0 Å². The molecule has 0 heterocycles. The van der Waals surface area contributed by atoms with E-state index in [1.54, 1.807) is 6.07 Å². The van der Waals surface area contributed by atoms with Crippen LogP contribution in [0.2, 0.25) is 0 Å². The molecule has 1 aromatic rings. The number of methoxy groups -OCH3 is 1. The number of carbonyl (C=O) groups excluding carboxylic acids is 1. The van der Waals surface area contributed by atoms with Gasteiger partial charge in [0.15, 0.2) is 0 Å². The largest absolute Gasteiger partial charge is 0.508 e. The molecule has 0 aromatic heterocycles. The summed E-state index contributed by atoms with van der Waals surface area (Å²) >= 11 is 0. The summed E-state index contributed by atoms with van der Waals surface area (Å²) in [6.45, 7) is -0.185. The summed E-state index contributed by atoms with van der Waals surface area (Å²) in [5, 5.41) is 18.4. The third kappa shape index (κ3) is 2.03. The number of aliphatic hydroxyl groups is 1. The van der Waals surface area contributed by atoms with Gasteiger partial charge < -0.3 is 19.7 Å². The van der Waals surface area contributed by atoms with Crippen LogP contribution in [0, 0.1) is 0 Å². The van der Waals surface area contributed by atoms with Crippen LogP contribution in [0.1, 0.15) is 11.1 Å². The summed E-state index contributed by atoms with van der Waals surface area (Å²) in [5.74, 6) is 0.422. The average Bonchev–Trinajstić information content (AvgIpc) is 2.20. The fraction of sp³-hybridized carbons (Fsp3) is 0.300. The first kappa shape index (κ1) is 10.5. The van der Waals surface area contributed by atoms with E-state index in [1.807, 2.05) is 0 Å². The van der Waals surface area contributed by atoms with E-state index in [9.17, 15) is 9.90 Å². The number of ether oxygens (including phenoxy) is 1. The predicted octanol–water partition coefficient (Wildman–Crippen LogP) is 0.634. The normalized spacial score (nSPS) is 9.86. The van der Waals surface area contributed by atoms with Crippen LogP contribution in [0.3, 0.4) is 0 Å². The molecule has 0 amide bonds. The van der Waals surface area contributed by atoms with Crippen molar-refractivity contribution in [2.45, 2.75) is 13.0 Å². The molecule has 4 heteroatoms. The van der Waals surface area contributed by atoms with Gasteiger partial charge in [0.2, 0.25) is 0 Å². The SMILES string of the molecule is COc1cc(O)c(CC=O)cc1CO. The van der Waals surface area contributed by atoms with E-state index in [1.165, 1.54) is 13.2 Å². The van der Waals surface area contributed by atoms with Crippen LogP contribution >= 0.6 is 0 Å². The van der Waals surface area contributed by atoms with Crippen molar-refractivity contribution < 1.29 is 19.7 Å². The maximum atomic E-state index is 10.3. The van der Waals surface area contributed by atoms with Gasteiger partial charge in [0.1, 0.15) is 17.8 Å². The number of benzene rings is 1. The molecule has 0 spiro atoms. The second kappa shape index (κ2) is 4.62. The number of hydrogen-bond acceptors (Lipinski definition) is 4. The van der Waals surface area contributed by atoms with Gasteiger partial charge in [0.05, 0.1) is 13.7 Å². The second-order valence-electron chi connectivity index (χ2n) is 2.82. The van der Waals surface area contributed by atoms with Gasteiger partial charge in [0, 0.05) is 23.6 Å². The molecule has 14 heavy (non-hydrogen) atoms. The lowest BCUT2D eigenvalue weighted by Crippen LogP contribution is -1.95. The van der Waals surface area contributed by atoms with Gasteiger partial charge in [-0.05, 0) is 6.07 Å². The Balaban J connectivity index is 3.15. The molecule has 1 aromatic carbocycles. The predicted molar refractivity (Wildman–Crippen MR) is 50.3 cm³/mol. The molecule has 0 aliphatic carbocycles. The first-order chi connectivity index (χ1) is 6.72. The quantitative estimate of drug-likeness (QED) is 0.693. The van der Waals surface area contributed by atoms with Crippen LogP contribution in [-0.2, 0) is 17.8 Å². The summed E-state index contributed by atoms with van der Waals surface area (Å²) in [6.07, 6.45) is 0.825. The van der Waals surface area contributed by atoms with Crippen LogP contribution in [0.15, 0.2) is 12.1 Å². The Bertz CT molecular complexity index is 333. The lowest BCUT2D eigenvalue weighted by Gasteiger charge is -2.09. The second-order valence-corrected chi connectivity index (χ2v) is 2.82. The number of aldehydes is 1. The molecule has 0 saturated heterocycles. The summed E-state index contributed by atoms with van der Waals surface area (Å²) in [5.41, 5.74) is 1.05. The molecule has 2 N–H and O–H groups in total. The summed E-state index contributed by atoms with van der Waals surface area (Å²) in [6, 6.07) is 2.95. The van der Waals surface area contributed by atoms with Crippen molar-refractivity contribution in [3.8, 4) is 11.5 Å². The standard InChI is InChI=1S/C10H12O4/c1-14-10-5-9(13)7(2-3-11)4-8(10)6-12/h3-5,12-13H,2,6H2,1H3. The van der Waals surface area contributed by atoms with Crippen LogP contribution in [0.4, 0.5) is 0 Å². The number of phenols is 1. The fourth-order valence-corrected chi connectivity index (χ4v) is 1.23. The van der Waals surface area contributed by atoms with Crippen LogP contribution in [0.25, 0.3) is 0 Å². The number of phenolic OH excluding ortho intramolecular Hbond substituents is 1.